The number of aliphatic hydroxyl groups is 1. The van der Waals surface area contributed by atoms with Gasteiger partial charge in [0.2, 0.25) is 11.8 Å². The number of carbonyl (C=O) groups excluding carboxylic acids is 2. The Morgan fingerprint density at radius 1 is 1.26 bits per heavy atom. The van der Waals surface area contributed by atoms with Crippen LogP contribution in [-0.2, 0) is 9.59 Å². The van der Waals surface area contributed by atoms with Crippen LogP contribution in [0.4, 0.5) is 0 Å². The average Bonchev–Trinajstić information content (AvgIpc) is 2.88. The Kier molecular flexibility index (Phi) is 6.84. The molecule has 1 aliphatic carbocycles. The van der Waals surface area contributed by atoms with E-state index in [1.54, 1.807) is 0 Å². The van der Waals surface area contributed by atoms with E-state index in [4.69, 9.17) is 5.11 Å². The van der Waals surface area contributed by atoms with Gasteiger partial charge in [-0.2, -0.15) is 0 Å². The van der Waals surface area contributed by atoms with Crippen LogP contribution in [0.2, 0.25) is 0 Å². The Morgan fingerprint density at radius 3 is 2.37 bits per heavy atom. The van der Waals surface area contributed by atoms with E-state index in [2.05, 4.69) is 10.6 Å². The van der Waals surface area contributed by atoms with E-state index in [0.29, 0.717) is 6.42 Å². The predicted octanol–water partition coefficient (Wildman–Crippen LogP) is 0.958. The molecule has 1 saturated carbocycles. The van der Waals surface area contributed by atoms with Gasteiger partial charge in [-0.15, -0.1) is 0 Å². The van der Waals surface area contributed by atoms with Crippen LogP contribution >= 0.6 is 0 Å². The van der Waals surface area contributed by atoms with E-state index >= 15 is 0 Å². The number of rotatable bonds is 7. The SMILES string of the molecule is CCC(CCO)NC(=O)C(NC(C)=O)C1CCCC1. The third kappa shape index (κ3) is 5.19. The molecule has 110 valence electrons. The van der Waals surface area contributed by atoms with Crippen LogP contribution in [0.25, 0.3) is 0 Å². The van der Waals surface area contributed by atoms with Crippen molar-refractivity contribution in [1.29, 1.82) is 0 Å². The Morgan fingerprint density at radius 2 is 1.89 bits per heavy atom. The lowest BCUT2D eigenvalue weighted by Crippen LogP contribution is -2.52. The van der Waals surface area contributed by atoms with E-state index in [9.17, 15) is 9.59 Å². The van der Waals surface area contributed by atoms with Crippen molar-refractivity contribution in [3.8, 4) is 0 Å². The summed E-state index contributed by atoms with van der Waals surface area (Å²) >= 11 is 0. The molecule has 5 heteroatoms. The quantitative estimate of drug-likeness (QED) is 0.644. The maximum absolute atomic E-state index is 12.3. The predicted molar refractivity (Wildman–Crippen MR) is 73.5 cm³/mol. The normalized spacial score (nSPS) is 18.9. The van der Waals surface area contributed by atoms with Crippen molar-refractivity contribution in [2.24, 2.45) is 5.92 Å². The highest BCUT2D eigenvalue weighted by Gasteiger charge is 2.31. The fourth-order valence-corrected chi connectivity index (χ4v) is 2.73. The molecule has 1 rings (SSSR count). The highest BCUT2D eigenvalue weighted by molar-refractivity contribution is 5.87. The summed E-state index contributed by atoms with van der Waals surface area (Å²) in [4.78, 5) is 23.6. The topological polar surface area (TPSA) is 78.4 Å². The van der Waals surface area contributed by atoms with Crippen molar-refractivity contribution in [2.75, 3.05) is 6.61 Å². The molecule has 2 unspecified atom stereocenters. The van der Waals surface area contributed by atoms with E-state index in [1.165, 1.54) is 6.92 Å². The number of amides is 2. The molecule has 19 heavy (non-hydrogen) atoms. The molecule has 0 saturated heterocycles. The van der Waals surface area contributed by atoms with Crippen molar-refractivity contribution in [2.45, 2.75) is 64.5 Å². The van der Waals surface area contributed by atoms with Crippen molar-refractivity contribution in [1.82, 2.24) is 10.6 Å². The third-order valence-electron chi connectivity index (χ3n) is 3.83. The molecule has 0 aliphatic heterocycles. The monoisotopic (exact) mass is 270 g/mol. The molecular weight excluding hydrogens is 244 g/mol. The highest BCUT2D eigenvalue weighted by Crippen LogP contribution is 2.28. The first-order chi connectivity index (χ1) is 9.08. The Labute approximate surface area is 115 Å². The van der Waals surface area contributed by atoms with Gasteiger partial charge in [0.15, 0.2) is 0 Å². The van der Waals surface area contributed by atoms with Crippen molar-refractivity contribution >= 4 is 11.8 Å². The Bertz CT molecular complexity index is 301. The smallest absolute Gasteiger partial charge is 0.243 e. The molecule has 5 nitrogen and oxygen atoms in total. The van der Waals surface area contributed by atoms with Crippen LogP contribution in [0.15, 0.2) is 0 Å². The summed E-state index contributed by atoms with van der Waals surface area (Å²) in [5, 5.41) is 14.7. The summed E-state index contributed by atoms with van der Waals surface area (Å²) in [6, 6.07) is -0.442. The van der Waals surface area contributed by atoms with Gasteiger partial charge in [0.1, 0.15) is 6.04 Å². The molecule has 0 heterocycles. The van der Waals surface area contributed by atoms with Crippen molar-refractivity contribution in [3.05, 3.63) is 0 Å². The van der Waals surface area contributed by atoms with Crippen molar-refractivity contribution in [3.63, 3.8) is 0 Å². The molecule has 0 aromatic carbocycles. The second kappa shape index (κ2) is 8.15. The number of aliphatic hydroxyl groups excluding tert-OH is 1. The van der Waals surface area contributed by atoms with E-state index in [-0.39, 0.29) is 30.4 Å². The van der Waals surface area contributed by atoms with Gasteiger partial charge in [0, 0.05) is 19.6 Å². The zero-order chi connectivity index (χ0) is 14.3. The van der Waals surface area contributed by atoms with Crippen molar-refractivity contribution < 1.29 is 14.7 Å². The van der Waals surface area contributed by atoms with Gasteiger partial charge in [-0.25, -0.2) is 0 Å². The summed E-state index contributed by atoms with van der Waals surface area (Å²) in [5.74, 6) is -0.0276. The second-order valence-corrected chi connectivity index (χ2v) is 5.35. The highest BCUT2D eigenvalue weighted by atomic mass is 16.3. The number of hydrogen-bond donors (Lipinski definition) is 3. The van der Waals surface area contributed by atoms with E-state index in [1.807, 2.05) is 6.92 Å². The van der Waals surface area contributed by atoms with Gasteiger partial charge in [0.05, 0.1) is 0 Å². The van der Waals surface area contributed by atoms with Crippen LogP contribution in [0, 0.1) is 5.92 Å². The molecular formula is C14H26N2O3. The van der Waals surface area contributed by atoms with Gasteiger partial charge in [-0.3, -0.25) is 9.59 Å². The van der Waals surface area contributed by atoms with Gasteiger partial charge in [0.25, 0.3) is 0 Å². The molecule has 0 radical (unpaired) electrons. The largest absolute Gasteiger partial charge is 0.396 e. The summed E-state index contributed by atoms with van der Waals surface area (Å²) < 4.78 is 0. The molecule has 2 atom stereocenters. The van der Waals surface area contributed by atoms with E-state index < -0.39 is 6.04 Å². The number of hydrogen-bond acceptors (Lipinski definition) is 3. The summed E-state index contributed by atoms with van der Waals surface area (Å²) in [6.07, 6.45) is 5.58. The first kappa shape index (κ1) is 16.0. The first-order valence-electron chi connectivity index (χ1n) is 7.26. The second-order valence-electron chi connectivity index (χ2n) is 5.35. The molecule has 2 amide bonds. The molecule has 1 aliphatic rings. The molecule has 0 bridgehead atoms. The minimum atomic E-state index is -0.423. The summed E-state index contributed by atoms with van der Waals surface area (Å²) in [5.41, 5.74) is 0. The van der Waals surface area contributed by atoms with Gasteiger partial charge < -0.3 is 15.7 Å². The standard InChI is InChI=1S/C14H26N2O3/c1-3-12(8-9-17)16-14(19)13(15-10(2)18)11-6-4-5-7-11/h11-13,17H,3-9H2,1-2H3,(H,15,18)(H,16,19). The van der Waals surface area contributed by atoms with Crippen LogP contribution < -0.4 is 10.6 Å². The molecule has 1 fully saturated rings. The molecule has 0 aromatic rings. The molecule has 0 spiro atoms. The minimum absolute atomic E-state index is 0.0184. The summed E-state index contributed by atoms with van der Waals surface area (Å²) in [7, 11) is 0. The third-order valence-corrected chi connectivity index (χ3v) is 3.83. The maximum atomic E-state index is 12.3. The van der Waals surface area contributed by atoms with Gasteiger partial charge in [-0.1, -0.05) is 19.8 Å². The maximum Gasteiger partial charge on any atom is 0.243 e. The fraction of sp³-hybridized carbons (Fsp3) is 0.857. The van der Waals surface area contributed by atoms with Gasteiger partial charge >= 0.3 is 0 Å². The van der Waals surface area contributed by atoms with Crippen LogP contribution in [0.3, 0.4) is 0 Å². The number of nitrogens with one attached hydrogen (secondary N) is 2. The fourth-order valence-electron chi connectivity index (χ4n) is 2.73. The zero-order valence-corrected chi connectivity index (χ0v) is 11.9. The van der Waals surface area contributed by atoms with Crippen LogP contribution in [-0.4, -0.2) is 35.6 Å². The zero-order valence-electron chi connectivity index (χ0n) is 11.9. The molecule has 3 N–H and O–H groups in total. The van der Waals surface area contributed by atoms with Crippen LogP contribution in [0.1, 0.15) is 52.4 Å². The summed E-state index contributed by atoms with van der Waals surface area (Å²) in [6.45, 7) is 3.48. The lowest BCUT2D eigenvalue weighted by molar-refractivity contribution is -0.130. The van der Waals surface area contributed by atoms with Gasteiger partial charge in [-0.05, 0) is 31.6 Å². The first-order valence-corrected chi connectivity index (χ1v) is 7.26. The van der Waals surface area contributed by atoms with Crippen LogP contribution in [0.5, 0.6) is 0 Å². The molecule has 0 aromatic heterocycles. The van der Waals surface area contributed by atoms with E-state index in [0.717, 1.165) is 32.1 Å². The minimum Gasteiger partial charge on any atom is -0.396 e. The lowest BCUT2D eigenvalue weighted by atomic mass is 9.96. The Balaban J connectivity index is 2.61. The number of carbonyl (C=O) groups is 2. The average molecular weight is 270 g/mol. The Hall–Kier alpha value is -1.10. The lowest BCUT2D eigenvalue weighted by Gasteiger charge is -2.26.